The van der Waals surface area contributed by atoms with Crippen LogP contribution in [0.2, 0.25) is 0 Å². The fourth-order valence-corrected chi connectivity index (χ4v) is 11.7. The Bertz CT molecular complexity index is 2060. The van der Waals surface area contributed by atoms with Crippen molar-refractivity contribution in [2.24, 2.45) is 11.8 Å². The summed E-state index contributed by atoms with van der Waals surface area (Å²) < 4.78 is 13.6. The van der Waals surface area contributed by atoms with E-state index in [0.29, 0.717) is 60.8 Å². The lowest BCUT2D eigenvalue weighted by Crippen LogP contribution is -2.69. The van der Waals surface area contributed by atoms with Crippen LogP contribution in [0.4, 0.5) is 0 Å². The summed E-state index contributed by atoms with van der Waals surface area (Å²) in [5.74, 6) is -1.48. The third-order valence-electron chi connectivity index (χ3n) is 16.5. The zero-order chi connectivity index (χ0) is 50.4. The number of benzene rings is 2. The maximum absolute atomic E-state index is 15.6. The van der Waals surface area contributed by atoms with Crippen molar-refractivity contribution in [2.45, 2.75) is 235 Å². The molecular weight excluding hydrogens is 829 g/mol. The molecule has 2 aromatic rings. The Morgan fingerprint density at radius 3 is 1.14 bits per heavy atom. The van der Waals surface area contributed by atoms with Gasteiger partial charge in [0.15, 0.2) is 0 Å². The number of hydrogen-bond acceptors (Lipinski definition) is 8. The van der Waals surface area contributed by atoms with Crippen molar-refractivity contribution in [2.75, 3.05) is 0 Å². The first kappa shape index (κ1) is 54.3. The summed E-state index contributed by atoms with van der Waals surface area (Å²) in [5.41, 5.74) is 1.10. The van der Waals surface area contributed by atoms with Gasteiger partial charge in [0.2, 0.25) is 11.8 Å². The van der Waals surface area contributed by atoms with Crippen LogP contribution in [0, 0.1) is 25.7 Å². The summed E-state index contributed by atoms with van der Waals surface area (Å²) in [6.07, 6.45) is 2.22. The number of rotatable bonds is 12. The molecule has 0 aromatic heterocycles. The first-order valence-electron chi connectivity index (χ1n) is 24.6. The van der Waals surface area contributed by atoms with Gasteiger partial charge in [-0.3, -0.25) is 9.59 Å². The number of aromatic hydroxyl groups is 2. The summed E-state index contributed by atoms with van der Waals surface area (Å²) in [4.78, 5) is 61.9. The minimum Gasteiger partial charge on any atom is -0.507 e. The first-order valence-corrected chi connectivity index (χ1v) is 24.6. The average Bonchev–Trinajstić information content (AvgIpc) is 3.21. The van der Waals surface area contributed by atoms with Gasteiger partial charge in [0, 0.05) is 73.5 Å². The van der Waals surface area contributed by atoms with E-state index in [1.165, 1.54) is 0 Å². The molecule has 0 radical (unpaired) electrons. The molecule has 4 rings (SSSR count). The Morgan fingerprint density at radius 2 is 0.894 bits per heavy atom. The number of esters is 2. The van der Waals surface area contributed by atoms with Gasteiger partial charge in [-0.05, 0) is 111 Å². The second-order valence-electron chi connectivity index (χ2n) is 23.1. The van der Waals surface area contributed by atoms with Gasteiger partial charge >= 0.3 is 11.9 Å². The number of nitrogens with zero attached hydrogens (tertiary/aromatic N) is 2. The first-order chi connectivity index (χ1) is 30.2. The second-order valence-corrected chi connectivity index (χ2v) is 23.1. The molecule has 2 saturated heterocycles. The number of piperidine rings is 2. The molecule has 2 N–H and O–H groups in total. The molecular formula is C56H86N2O8. The van der Waals surface area contributed by atoms with Gasteiger partial charge in [0.05, 0.1) is 11.1 Å². The van der Waals surface area contributed by atoms with Crippen LogP contribution in [0.5, 0.6) is 11.5 Å². The molecule has 0 saturated carbocycles. The van der Waals surface area contributed by atoms with Crippen molar-refractivity contribution < 1.29 is 38.9 Å². The van der Waals surface area contributed by atoms with Crippen LogP contribution in [-0.2, 0) is 52.3 Å². The van der Waals surface area contributed by atoms with E-state index in [1.54, 1.807) is 13.8 Å². The largest absolute Gasteiger partial charge is 0.507 e. The van der Waals surface area contributed by atoms with E-state index in [0.717, 1.165) is 11.1 Å². The normalized spacial score (nSPS) is 28.7. The highest BCUT2D eigenvalue weighted by atomic mass is 16.6. The number of phenolic OH excluding ortho intramolecular Hbond substituents is 2. The third-order valence-corrected chi connectivity index (χ3v) is 16.5. The van der Waals surface area contributed by atoms with Gasteiger partial charge in [-0.1, -0.05) is 107 Å². The van der Waals surface area contributed by atoms with Crippen LogP contribution >= 0.6 is 0 Å². The van der Waals surface area contributed by atoms with Gasteiger partial charge in [-0.2, -0.15) is 0 Å². The van der Waals surface area contributed by atoms with Crippen molar-refractivity contribution >= 4 is 23.8 Å². The van der Waals surface area contributed by atoms with Crippen LogP contribution in [-0.4, -0.2) is 78.1 Å². The number of ether oxygens (including phenoxy) is 2. The molecule has 2 aliphatic heterocycles. The van der Waals surface area contributed by atoms with Gasteiger partial charge in [-0.15, -0.1) is 0 Å². The maximum atomic E-state index is 15.6. The van der Waals surface area contributed by atoms with Crippen molar-refractivity contribution in [3.8, 4) is 11.5 Å². The zero-order valence-corrected chi connectivity index (χ0v) is 44.5. The van der Waals surface area contributed by atoms with Gasteiger partial charge in [0.1, 0.15) is 23.7 Å². The minimum absolute atomic E-state index is 0.00507. The van der Waals surface area contributed by atoms with E-state index < -0.39 is 57.1 Å². The van der Waals surface area contributed by atoms with Crippen molar-refractivity contribution in [3.63, 3.8) is 0 Å². The molecule has 8 atom stereocenters. The van der Waals surface area contributed by atoms with Crippen molar-refractivity contribution in [1.82, 2.24) is 9.80 Å². The molecule has 2 fully saturated rings. The number of hydrogen-bond donors (Lipinski definition) is 2. The average molecular weight is 915 g/mol. The Kier molecular flexibility index (Phi) is 15.9. The van der Waals surface area contributed by atoms with Gasteiger partial charge in [0.25, 0.3) is 0 Å². The Balaban J connectivity index is 2.07. The molecule has 0 spiro atoms. The van der Waals surface area contributed by atoms with Crippen LogP contribution in [0.25, 0.3) is 0 Å². The fraction of sp³-hybridized carbons (Fsp3) is 0.679. The smallest absolute Gasteiger partial charge is 0.335 e. The highest BCUT2D eigenvalue weighted by Gasteiger charge is 2.57. The van der Waals surface area contributed by atoms with E-state index in [4.69, 9.17) is 9.47 Å². The zero-order valence-electron chi connectivity index (χ0n) is 44.5. The molecule has 10 nitrogen and oxygen atoms in total. The molecule has 0 aliphatic carbocycles. The molecule has 368 valence electrons. The summed E-state index contributed by atoms with van der Waals surface area (Å²) in [6, 6.07) is 7.54. The molecule has 2 amide bonds. The molecule has 10 heteroatoms. The fourth-order valence-electron chi connectivity index (χ4n) is 11.7. The minimum atomic E-state index is -0.641. The van der Waals surface area contributed by atoms with Gasteiger partial charge < -0.3 is 29.5 Å². The molecule has 66 heavy (non-hydrogen) atoms. The SMILES string of the molecule is CCC1(C)CC(OC(=O)/C(Cc2cc(C)c(O)c(C(C)(C)C)c2)=C(/Cc2cc(C)c(O)c(C(C)(C)C)c2)C(=O)OC2CC(C)(CC)N(C(C)=O)C(C)(CC)C2C)C(C)C(C)(CC)N1C(C)=O. The van der Waals surface area contributed by atoms with Crippen LogP contribution in [0.1, 0.15) is 197 Å². The lowest BCUT2D eigenvalue weighted by atomic mass is 9.67. The quantitative estimate of drug-likeness (QED) is 0.159. The van der Waals surface area contributed by atoms with Crippen molar-refractivity contribution in [1.29, 1.82) is 0 Å². The molecule has 0 bridgehead atoms. The van der Waals surface area contributed by atoms with Crippen LogP contribution in [0.15, 0.2) is 35.4 Å². The predicted octanol–water partition coefficient (Wildman–Crippen LogP) is 11.7. The van der Waals surface area contributed by atoms with E-state index in [2.05, 4.69) is 55.4 Å². The van der Waals surface area contributed by atoms with E-state index >= 15 is 9.59 Å². The number of amides is 2. The summed E-state index contributed by atoms with van der Waals surface area (Å²) in [6.45, 7) is 39.6. The number of phenols is 2. The van der Waals surface area contributed by atoms with Crippen molar-refractivity contribution in [3.05, 3.63) is 68.8 Å². The topological polar surface area (TPSA) is 134 Å². The molecule has 2 aromatic carbocycles. The number of aryl methyl sites for hydroxylation is 2. The van der Waals surface area contributed by atoms with E-state index in [-0.39, 0.29) is 59.1 Å². The van der Waals surface area contributed by atoms with Crippen LogP contribution in [0.3, 0.4) is 0 Å². The highest BCUT2D eigenvalue weighted by molar-refractivity contribution is 6.01. The lowest BCUT2D eigenvalue weighted by Gasteiger charge is -2.60. The highest BCUT2D eigenvalue weighted by Crippen LogP contribution is 2.49. The van der Waals surface area contributed by atoms with E-state index in [9.17, 15) is 19.8 Å². The standard InChI is InChI=1S/C56H86N2O8/c1-21-53(17)31-45(35(7)55(19,23-3)57(53)37(9)59)65-49(63)41(27-39-25-33(5)47(61)43(29-39)51(11,12)13)42(28-40-26-34(6)48(62)44(30-40)52(14,15)16)50(64)66-46-32-54(18,22-2)58(38(10)60)56(20,24-4)36(46)8/h25-26,29-30,35-36,45-46,61-62H,21-24,27-28,31-32H2,1-20H3/b42-41-. The summed E-state index contributed by atoms with van der Waals surface area (Å²) in [7, 11) is 0. The predicted molar refractivity (Wildman–Crippen MR) is 265 cm³/mol. The second kappa shape index (κ2) is 19.3. The third kappa shape index (κ3) is 10.2. The van der Waals surface area contributed by atoms with E-state index in [1.807, 2.05) is 103 Å². The van der Waals surface area contributed by atoms with Gasteiger partial charge in [-0.25, -0.2) is 9.59 Å². The summed E-state index contributed by atoms with van der Waals surface area (Å²) >= 11 is 0. The Labute approximate surface area is 398 Å². The molecule has 2 aliphatic rings. The summed E-state index contributed by atoms with van der Waals surface area (Å²) in [5, 5.41) is 22.6. The van der Waals surface area contributed by atoms with Crippen LogP contribution < -0.4 is 0 Å². The number of carbonyl (C=O) groups is 4. The Morgan fingerprint density at radius 1 is 0.591 bits per heavy atom. The molecule has 8 unspecified atom stereocenters. The molecule has 2 heterocycles. The lowest BCUT2D eigenvalue weighted by molar-refractivity contribution is -0.183. The number of carbonyl (C=O) groups excluding carboxylic acids is 4. The monoisotopic (exact) mass is 915 g/mol. The number of likely N-dealkylation sites (tertiary alicyclic amines) is 2. The maximum Gasteiger partial charge on any atom is 0.335 e. The Hall–Kier alpha value is -4.34.